The van der Waals surface area contributed by atoms with Crippen LogP contribution in [-0.4, -0.2) is 46.6 Å². The van der Waals surface area contributed by atoms with Crippen LogP contribution < -0.4 is 11.5 Å². The van der Waals surface area contributed by atoms with Crippen molar-refractivity contribution in [1.29, 1.82) is 0 Å². The fraction of sp³-hybridized carbons (Fsp3) is 0.800. The van der Waals surface area contributed by atoms with Gasteiger partial charge in [0, 0.05) is 13.1 Å². The lowest BCUT2D eigenvalue weighted by molar-refractivity contribution is -0.137. The van der Waals surface area contributed by atoms with E-state index < -0.39 is 17.6 Å². The molecule has 0 aromatic heterocycles. The van der Waals surface area contributed by atoms with Crippen LogP contribution >= 0.6 is 0 Å². The summed E-state index contributed by atoms with van der Waals surface area (Å²) in [6.07, 6.45) is -0.179. The second kappa shape index (κ2) is 5.81. The first-order chi connectivity index (χ1) is 7.17. The monoisotopic (exact) mass is 231 g/mol. The lowest BCUT2D eigenvalue weighted by atomic mass is 10.1. The highest BCUT2D eigenvalue weighted by Crippen LogP contribution is 2.06. The molecule has 0 fully saturated rings. The molecule has 6 nitrogen and oxygen atoms in total. The summed E-state index contributed by atoms with van der Waals surface area (Å²) in [6.45, 7) is 5.58. The van der Waals surface area contributed by atoms with E-state index in [1.165, 1.54) is 4.90 Å². The normalized spacial score (nSPS) is 13.3. The molecule has 5 N–H and O–H groups in total. The summed E-state index contributed by atoms with van der Waals surface area (Å²) >= 11 is 0. The number of carbonyl (C=O) groups excluding carboxylic acids is 2. The van der Waals surface area contributed by atoms with E-state index in [0.717, 1.165) is 0 Å². The molecule has 2 amide bonds. The number of amides is 2. The Hall–Kier alpha value is -1.14. The minimum absolute atomic E-state index is 0.175. The third-order valence-corrected chi connectivity index (χ3v) is 2.01. The predicted molar refractivity (Wildman–Crippen MR) is 60.3 cm³/mol. The minimum Gasteiger partial charge on any atom is -0.389 e. The average Bonchev–Trinajstić information content (AvgIpc) is 2.10. The first kappa shape index (κ1) is 14.9. The van der Waals surface area contributed by atoms with E-state index >= 15 is 0 Å². The first-order valence-electron chi connectivity index (χ1n) is 5.22. The van der Waals surface area contributed by atoms with Crippen molar-refractivity contribution in [2.45, 2.75) is 38.8 Å². The third-order valence-electron chi connectivity index (χ3n) is 2.01. The van der Waals surface area contributed by atoms with E-state index in [-0.39, 0.29) is 18.9 Å². The quantitative estimate of drug-likeness (QED) is 0.533. The zero-order chi connectivity index (χ0) is 12.9. The highest BCUT2D eigenvalue weighted by atomic mass is 16.3. The van der Waals surface area contributed by atoms with E-state index in [1.54, 1.807) is 20.8 Å². The van der Waals surface area contributed by atoms with Crippen molar-refractivity contribution in [2.75, 3.05) is 13.1 Å². The predicted octanol–water partition coefficient (Wildman–Crippen LogP) is -1.19. The Morgan fingerprint density at radius 2 is 1.94 bits per heavy atom. The summed E-state index contributed by atoms with van der Waals surface area (Å²) in [5.74, 6) is -0.983. The van der Waals surface area contributed by atoms with Gasteiger partial charge in [-0.25, -0.2) is 0 Å². The Kier molecular flexibility index (Phi) is 5.40. The molecule has 0 aromatic carbocycles. The van der Waals surface area contributed by atoms with Gasteiger partial charge in [0.05, 0.1) is 18.1 Å². The number of hydrogen-bond donors (Lipinski definition) is 3. The van der Waals surface area contributed by atoms with Gasteiger partial charge in [-0.1, -0.05) is 0 Å². The van der Waals surface area contributed by atoms with Gasteiger partial charge < -0.3 is 21.5 Å². The van der Waals surface area contributed by atoms with E-state index in [2.05, 4.69) is 0 Å². The summed E-state index contributed by atoms with van der Waals surface area (Å²) in [6, 6.07) is -0.931. The van der Waals surface area contributed by atoms with Crippen LogP contribution in [0.3, 0.4) is 0 Å². The summed E-state index contributed by atoms with van der Waals surface area (Å²) in [4.78, 5) is 23.8. The van der Waals surface area contributed by atoms with E-state index in [1.807, 2.05) is 0 Å². The van der Waals surface area contributed by atoms with Crippen molar-refractivity contribution < 1.29 is 14.7 Å². The molecule has 0 rings (SSSR count). The van der Waals surface area contributed by atoms with Gasteiger partial charge in [-0.2, -0.15) is 0 Å². The van der Waals surface area contributed by atoms with Gasteiger partial charge in [0.1, 0.15) is 0 Å². The Labute approximate surface area is 95.6 Å². The standard InChI is InChI=1S/C10H21N3O3/c1-4-13(6-10(2,3)16)9(15)7(11)5-8(12)14/h7,16H,4-6,11H2,1-3H3,(H2,12,14). The van der Waals surface area contributed by atoms with Gasteiger partial charge in [0.15, 0.2) is 0 Å². The molecular formula is C10H21N3O3. The van der Waals surface area contributed by atoms with Crippen molar-refractivity contribution in [3.63, 3.8) is 0 Å². The maximum Gasteiger partial charge on any atom is 0.240 e. The van der Waals surface area contributed by atoms with Gasteiger partial charge in [0.25, 0.3) is 0 Å². The van der Waals surface area contributed by atoms with Gasteiger partial charge in [0.2, 0.25) is 11.8 Å². The average molecular weight is 231 g/mol. The number of nitrogens with zero attached hydrogens (tertiary/aromatic N) is 1. The van der Waals surface area contributed by atoms with Crippen molar-refractivity contribution in [2.24, 2.45) is 11.5 Å². The zero-order valence-corrected chi connectivity index (χ0v) is 10.1. The molecule has 0 aromatic rings. The maximum absolute atomic E-state index is 11.8. The molecule has 0 spiro atoms. The maximum atomic E-state index is 11.8. The SMILES string of the molecule is CCN(CC(C)(C)O)C(=O)C(N)CC(N)=O. The Balaban J connectivity index is 4.47. The van der Waals surface area contributed by atoms with Gasteiger partial charge >= 0.3 is 0 Å². The number of aliphatic hydroxyl groups is 1. The highest BCUT2D eigenvalue weighted by molar-refractivity contribution is 5.87. The molecule has 1 atom stereocenters. The fourth-order valence-corrected chi connectivity index (χ4v) is 1.35. The largest absolute Gasteiger partial charge is 0.389 e. The molecule has 6 heteroatoms. The number of carbonyl (C=O) groups is 2. The smallest absolute Gasteiger partial charge is 0.240 e. The van der Waals surface area contributed by atoms with Crippen LogP contribution in [0.2, 0.25) is 0 Å². The van der Waals surface area contributed by atoms with Crippen LogP contribution in [0.4, 0.5) is 0 Å². The molecule has 0 aliphatic carbocycles. The summed E-state index contributed by atoms with van der Waals surface area (Å²) < 4.78 is 0. The van der Waals surface area contributed by atoms with E-state index in [4.69, 9.17) is 11.5 Å². The molecule has 16 heavy (non-hydrogen) atoms. The third kappa shape index (κ3) is 5.67. The van der Waals surface area contributed by atoms with Crippen LogP contribution in [0.15, 0.2) is 0 Å². The number of primary amides is 1. The van der Waals surface area contributed by atoms with Gasteiger partial charge in [-0.3, -0.25) is 9.59 Å². The molecule has 0 bridgehead atoms. The fourth-order valence-electron chi connectivity index (χ4n) is 1.35. The van der Waals surface area contributed by atoms with Crippen molar-refractivity contribution in [1.82, 2.24) is 4.90 Å². The van der Waals surface area contributed by atoms with Crippen LogP contribution in [-0.2, 0) is 9.59 Å². The Morgan fingerprint density at radius 3 is 2.25 bits per heavy atom. The summed E-state index contributed by atoms with van der Waals surface area (Å²) in [7, 11) is 0. The van der Waals surface area contributed by atoms with E-state index in [9.17, 15) is 14.7 Å². The Bertz CT molecular complexity index is 261. The van der Waals surface area contributed by atoms with Crippen LogP contribution in [0.5, 0.6) is 0 Å². The minimum atomic E-state index is -0.988. The molecule has 0 aliphatic rings. The summed E-state index contributed by atoms with van der Waals surface area (Å²) in [5.41, 5.74) is 9.51. The molecule has 0 saturated carbocycles. The highest BCUT2D eigenvalue weighted by Gasteiger charge is 2.25. The second-order valence-corrected chi connectivity index (χ2v) is 4.44. The molecule has 0 heterocycles. The van der Waals surface area contributed by atoms with Gasteiger partial charge in [-0.05, 0) is 20.8 Å². The second-order valence-electron chi connectivity index (χ2n) is 4.44. The topological polar surface area (TPSA) is 110 Å². The number of hydrogen-bond acceptors (Lipinski definition) is 4. The molecular weight excluding hydrogens is 210 g/mol. The summed E-state index contributed by atoms with van der Waals surface area (Å²) in [5, 5.41) is 9.61. The van der Waals surface area contributed by atoms with Gasteiger partial charge in [-0.15, -0.1) is 0 Å². The molecule has 1 unspecified atom stereocenters. The molecule has 0 saturated heterocycles. The van der Waals surface area contributed by atoms with Crippen LogP contribution in [0.25, 0.3) is 0 Å². The number of likely N-dealkylation sites (N-methyl/N-ethyl adjacent to an activating group) is 1. The van der Waals surface area contributed by atoms with Crippen molar-refractivity contribution >= 4 is 11.8 Å². The van der Waals surface area contributed by atoms with Crippen molar-refractivity contribution in [3.05, 3.63) is 0 Å². The Morgan fingerprint density at radius 1 is 1.44 bits per heavy atom. The zero-order valence-electron chi connectivity index (χ0n) is 10.1. The number of nitrogens with two attached hydrogens (primary N) is 2. The van der Waals surface area contributed by atoms with Crippen LogP contribution in [0.1, 0.15) is 27.2 Å². The molecule has 0 radical (unpaired) electrons. The lowest BCUT2D eigenvalue weighted by Gasteiger charge is -2.29. The molecule has 94 valence electrons. The van der Waals surface area contributed by atoms with Crippen molar-refractivity contribution in [3.8, 4) is 0 Å². The van der Waals surface area contributed by atoms with E-state index in [0.29, 0.717) is 6.54 Å². The van der Waals surface area contributed by atoms with Crippen LogP contribution in [0, 0.1) is 0 Å². The lowest BCUT2D eigenvalue weighted by Crippen LogP contribution is -2.49. The first-order valence-corrected chi connectivity index (χ1v) is 5.22. The number of rotatable bonds is 6. The molecule has 0 aliphatic heterocycles.